The van der Waals surface area contributed by atoms with Gasteiger partial charge < -0.3 is 10.1 Å². The molecule has 0 aliphatic heterocycles. The first-order valence-corrected chi connectivity index (χ1v) is 7.33. The van der Waals surface area contributed by atoms with Crippen LogP contribution in [-0.2, 0) is 7.05 Å². The van der Waals surface area contributed by atoms with Crippen LogP contribution < -0.4 is 10.1 Å². The van der Waals surface area contributed by atoms with Gasteiger partial charge in [0, 0.05) is 18.3 Å². The molecule has 1 heterocycles. The summed E-state index contributed by atoms with van der Waals surface area (Å²) in [5.74, 6) is -0.100. The molecule has 1 N–H and O–H groups in total. The van der Waals surface area contributed by atoms with Gasteiger partial charge in [0.25, 0.3) is 5.91 Å². The first kappa shape index (κ1) is 15.7. The molecule has 0 bridgehead atoms. The van der Waals surface area contributed by atoms with Crippen molar-refractivity contribution in [1.29, 1.82) is 0 Å². The van der Waals surface area contributed by atoms with Crippen LogP contribution in [0.5, 0.6) is 5.75 Å². The first-order chi connectivity index (χ1) is 11.6. The molecule has 2 aromatic carbocycles. The van der Waals surface area contributed by atoms with Crippen molar-refractivity contribution in [2.24, 2.45) is 7.05 Å². The molecule has 0 saturated carbocycles. The number of hydrogen-bond acceptors (Lipinski definition) is 3. The normalized spacial score (nSPS) is 10.5. The Balaban J connectivity index is 1.90. The fourth-order valence-corrected chi connectivity index (χ4v) is 2.43. The molecule has 0 aliphatic carbocycles. The zero-order valence-electron chi connectivity index (χ0n) is 13.3. The Morgan fingerprint density at radius 3 is 2.71 bits per heavy atom. The quantitative estimate of drug-likeness (QED) is 0.799. The molecule has 0 spiro atoms. The molecular formula is C18H16FN3O2. The summed E-state index contributed by atoms with van der Waals surface area (Å²) in [5, 5.41) is 7.03. The van der Waals surface area contributed by atoms with Gasteiger partial charge in [-0.25, -0.2) is 4.39 Å². The number of aromatic nitrogens is 2. The van der Waals surface area contributed by atoms with Gasteiger partial charge in [-0.1, -0.05) is 18.2 Å². The van der Waals surface area contributed by atoms with Crippen LogP contribution in [0, 0.1) is 5.82 Å². The number of anilines is 1. The largest absolute Gasteiger partial charge is 0.496 e. The second-order valence-corrected chi connectivity index (χ2v) is 5.20. The van der Waals surface area contributed by atoms with E-state index < -0.39 is 5.82 Å². The third-order valence-corrected chi connectivity index (χ3v) is 3.58. The van der Waals surface area contributed by atoms with E-state index in [-0.39, 0.29) is 5.91 Å². The fourth-order valence-electron chi connectivity index (χ4n) is 2.43. The van der Waals surface area contributed by atoms with Gasteiger partial charge in [0.15, 0.2) is 0 Å². The number of carbonyl (C=O) groups excluding carboxylic acids is 1. The number of carbonyl (C=O) groups is 1. The van der Waals surface area contributed by atoms with Gasteiger partial charge in [0.05, 0.1) is 12.8 Å². The van der Waals surface area contributed by atoms with Gasteiger partial charge in [-0.2, -0.15) is 5.10 Å². The minimum absolute atomic E-state index is 0.361. The number of nitrogens with one attached hydrogen (secondary N) is 1. The van der Waals surface area contributed by atoms with Crippen LogP contribution in [0.3, 0.4) is 0 Å². The number of nitrogens with zero attached hydrogens (tertiary/aromatic N) is 2. The predicted molar refractivity (Wildman–Crippen MR) is 89.5 cm³/mol. The molecule has 122 valence electrons. The van der Waals surface area contributed by atoms with Crippen LogP contribution in [0.15, 0.2) is 54.6 Å². The van der Waals surface area contributed by atoms with Crippen LogP contribution in [0.25, 0.3) is 11.3 Å². The summed E-state index contributed by atoms with van der Waals surface area (Å²) >= 11 is 0. The van der Waals surface area contributed by atoms with Gasteiger partial charge in [0.1, 0.15) is 17.3 Å². The summed E-state index contributed by atoms with van der Waals surface area (Å²) in [6.07, 6.45) is 0. The number of para-hydroxylation sites is 1. The number of amides is 1. The smallest absolute Gasteiger partial charge is 0.273 e. The Morgan fingerprint density at radius 1 is 1.17 bits per heavy atom. The van der Waals surface area contributed by atoms with E-state index in [0.29, 0.717) is 22.8 Å². The highest BCUT2D eigenvalue weighted by atomic mass is 19.1. The Morgan fingerprint density at radius 2 is 1.96 bits per heavy atom. The molecule has 24 heavy (non-hydrogen) atoms. The van der Waals surface area contributed by atoms with E-state index in [4.69, 9.17) is 4.74 Å². The maximum absolute atomic E-state index is 13.2. The summed E-state index contributed by atoms with van der Waals surface area (Å²) in [4.78, 5) is 12.4. The number of methoxy groups -OCH3 is 1. The lowest BCUT2D eigenvalue weighted by Gasteiger charge is -2.04. The van der Waals surface area contributed by atoms with Gasteiger partial charge in [-0.15, -0.1) is 0 Å². The fraction of sp³-hybridized carbons (Fsp3) is 0.111. The van der Waals surface area contributed by atoms with Gasteiger partial charge in [-0.3, -0.25) is 9.48 Å². The van der Waals surface area contributed by atoms with E-state index in [1.807, 2.05) is 24.3 Å². The summed E-state index contributed by atoms with van der Waals surface area (Å²) in [7, 11) is 3.26. The molecule has 1 aromatic heterocycles. The lowest BCUT2D eigenvalue weighted by atomic mass is 10.1. The molecule has 0 radical (unpaired) electrons. The van der Waals surface area contributed by atoms with E-state index in [9.17, 15) is 9.18 Å². The number of rotatable bonds is 4. The van der Waals surface area contributed by atoms with Crippen LogP contribution in [0.1, 0.15) is 10.5 Å². The van der Waals surface area contributed by atoms with Crippen LogP contribution >= 0.6 is 0 Å². The van der Waals surface area contributed by atoms with Gasteiger partial charge in [-0.05, 0) is 36.4 Å². The summed E-state index contributed by atoms with van der Waals surface area (Å²) in [6.45, 7) is 0. The van der Waals surface area contributed by atoms with E-state index in [1.165, 1.54) is 22.9 Å². The monoisotopic (exact) mass is 325 g/mol. The van der Waals surface area contributed by atoms with E-state index in [0.717, 1.165) is 5.56 Å². The van der Waals surface area contributed by atoms with Gasteiger partial charge in [0.2, 0.25) is 0 Å². The Labute approximate surface area is 138 Å². The van der Waals surface area contributed by atoms with Crippen LogP contribution in [0.4, 0.5) is 10.1 Å². The average molecular weight is 325 g/mol. The van der Waals surface area contributed by atoms with E-state index >= 15 is 0 Å². The molecule has 3 aromatic rings. The third-order valence-electron chi connectivity index (χ3n) is 3.58. The first-order valence-electron chi connectivity index (χ1n) is 7.33. The van der Waals surface area contributed by atoms with Crippen LogP contribution in [-0.4, -0.2) is 22.8 Å². The van der Waals surface area contributed by atoms with E-state index in [2.05, 4.69) is 10.4 Å². The van der Waals surface area contributed by atoms with Gasteiger partial charge >= 0.3 is 0 Å². The summed E-state index contributed by atoms with van der Waals surface area (Å²) in [5.41, 5.74) is 2.17. The van der Waals surface area contributed by atoms with Crippen molar-refractivity contribution in [1.82, 2.24) is 9.78 Å². The minimum Gasteiger partial charge on any atom is -0.496 e. The average Bonchev–Trinajstić information content (AvgIpc) is 2.96. The lowest BCUT2D eigenvalue weighted by molar-refractivity contribution is 0.101. The Kier molecular flexibility index (Phi) is 4.29. The maximum Gasteiger partial charge on any atom is 0.273 e. The van der Waals surface area contributed by atoms with E-state index in [1.54, 1.807) is 26.3 Å². The van der Waals surface area contributed by atoms with Crippen molar-refractivity contribution in [3.63, 3.8) is 0 Å². The highest BCUT2D eigenvalue weighted by Crippen LogP contribution is 2.29. The van der Waals surface area contributed by atoms with Crippen LogP contribution in [0.2, 0.25) is 0 Å². The minimum atomic E-state index is -0.410. The lowest BCUT2D eigenvalue weighted by Crippen LogP contribution is -2.16. The molecule has 3 rings (SSSR count). The molecule has 0 aliphatic rings. The van der Waals surface area contributed by atoms with Crippen molar-refractivity contribution >= 4 is 11.6 Å². The highest BCUT2D eigenvalue weighted by molar-refractivity contribution is 6.03. The summed E-state index contributed by atoms with van der Waals surface area (Å²) < 4.78 is 20.0. The molecule has 0 atom stereocenters. The molecule has 5 nitrogen and oxygen atoms in total. The number of ether oxygens (including phenoxy) is 1. The molecule has 1 amide bonds. The van der Waals surface area contributed by atoms with Crippen molar-refractivity contribution in [3.8, 4) is 17.0 Å². The molecule has 0 unspecified atom stereocenters. The predicted octanol–water partition coefficient (Wildman–Crippen LogP) is 3.49. The molecule has 0 saturated heterocycles. The van der Waals surface area contributed by atoms with Crippen molar-refractivity contribution in [2.45, 2.75) is 0 Å². The molecular weight excluding hydrogens is 309 g/mol. The van der Waals surface area contributed by atoms with Crippen molar-refractivity contribution < 1.29 is 13.9 Å². The highest BCUT2D eigenvalue weighted by Gasteiger charge is 2.16. The Hall–Kier alpha value is -3.15. The second kappa shape index (κ2) is 6.54. The topological polar surface area (TPSA) is 56.1 Å². The standard InChI is InChI=1S/C18H16FN3O2/c1-22-16(18(23)20-13-7-5-6-12(19)10-13)11-15(21-22)14-8-3-4-9-17(14)24-2/h3-11H,1-2H3,(H,20,23). The number of benzene rings is 2. The number of halogens is 1. The third kappa shape index (κ3) is 3.12. The zero-order valence-corrected chi connectivity index (χ0v) is 13.3. The molecule has 6 heteroatoms. The second-order valence-electron chi connectivity index (χ2n) is 5.20. The Bertz CT molecular complexity index is 889. The summed E-state index contributed by atoms with van der Waals surface area (Å²) in [6, 6.07) is 14.8. The van der Waals surface area contributed by atoms with Crippen molar-refractivity contribution in [2.75, 3.05) is 12.4 Å². The van der Waals surface area contributed by atoms with Crippen molar-refractivity contribution in [3.05, 3.63) is 66.1 Å². The zero-order chi connectivity index (χ0) is 17.1. The number of hydrogen-bond donors (Lipinski definition) is 1. The maximum atomic E-state index is 13.2. The number of aryl methyl sites for hydroxylation is 1. The SMILES string of the molecule is COc1ccccc1-c1cc(C(=O)Nc2cccc(F)c2)n(C)n1. The molecule has 0 fully saturated rings.